The lowest BCUT2D eigenvalue weighted by atomic mass is 10.3. The third-order valence-electron chi connectivity index (χ3n) is 2.35. The molecule has 3 nitrogen and oxygen atoms in total. The molecule has 0 aliphatic heterocycles. The summed E-state index contributed by atoms with van der Waals surface area (Å²) in [5.41, 5.74) is 2.32. The van der Waals surface area contributed by atoms with E-state index in [1.165, 1.54) is 23.6 Å². The number of thiazole rings is 1. The molecule has 0 aromatic carbocycles. The van der Waals surface area contributed by atoms with Gasteiger partial charge in [-0.3, -0.25) is 0 Å². The second kappa shape index (κ2) is 4.93. The van der Waals surface area contributed by atoms with Gasteiger partial charge in [-0.15, -0.1) is 11.3 Å². The van der Waals surface area contributed by atoms with Crippen LogP contribution in [0.5, 0.6) is 0 Å². The first kappa shape index (κ1) is 12.8. The van der Waals surface area contributed by atoms with Gasteiger partial charge in [0.05, 0.1) is 29.6 Å². The number of hydrogen-bond acceptors (Lipinski definition) is 4. The van der Waals surface area contributed by atoms with Gasteiger partial charge in [0.15, 0.2) is 0 Å². The zero-order chi connectivity index (χ0) is 13.2. The van der Waals surface area contributed by atoms with Crippen molar-refractivity contribution in [1.29, 1.82) is 0 Å². The van der Waals surface area contributed by atoms with Crippen LogP contribution in [0.4, 0.5) is 18.9 Å². The van der Waals surface area contributed by atoms with Gasteiger partial charge in [-0.05, 0) is 19.1 Å². The SMILES string of the molecule is Cc1ncsc1CNc1ccc(C(F)(F)F)nc1. The van der Waals surface area contributed by atoms with Crippen molar-refractivity contribution in [3.8, 4) is 0 Å². The molecule has 0 saturated carbocycles. The molecule has 1 N–H and O–H groups in total. The maximum absolute atomic E-state index is 12.3. The van der Waals surface area contributed by atoms with Gasteiger partial charge in [0.25, 0.3) is 0 Å². The average Bonchev–Trinajstić information content (AvgIpc) is 2.72. The maximum Gasteiger partial charge on any atom is 0.433 e. The largest absolute Gasteiger partial charge is 0.433 e. The third kappa shape index (κ3) is 2.98. The lowest BCUT2D eigenvalue weighted by molar-refractivity contribution is -0.141. The molecular weight excluding hydrogens is 263 g/mol. The molecule has 2 aromatic heterocycles. The predicted molar refractivity (Wildman–Crippen MR) is 63.4 cm³/mol. The summed E-state index contributed by atoms with van der Waals surface area (Å²) in [4.78, 5) is 8.51. The third-order valence-corrected chi connectivity index (χ3v) is 3.29. The molecule has 0 bridgehead atoms. The minimum absolute atomic E-state index is 0.531. The van der Waals surface area contributed by atoms with Gasteiger partial charge < -0.3 is 5.32 Å². The minimum Gasteiger partial charge on any atom is -0.379 e. The van der Waals surface area contributed by atoms with Crippen LogP contribution in [0.3, 0.4) is 0 Å². The normalized spacial score (nSPS) is 11.6. The molecule has 2 heterocycles. The highest BCUT2D eigenvalue weighted by molar-refractivity contribution is 7.09. The van der Waals surface area contributed by atoms with Crippen molar-refractivity contribution in [1.82, 2.24) is 9.97 Å². The monoisotopic (exact) mass is 273 g/mol. The minimum atomic E-state index is -4.40. The van der Waals surface area contributed by atoms with Crippen LogP contribution in [0, 0.1) is 6.92 Å². The lowest BCUT2D eigenvalue weighted by Crippen LogP contribution is -2.08. The molecule has 0 saturated heterocycles. The fourth-order valence-electron chi connectivity index (χ4n) is 1.34. The summed E-state index contributed by atoms with van der Waals surface area (Å²) in [6.07, 6.45) is -3.22. The van der Waals surface area contributed by atoms with Crippen molar-refractivity contribution >= 4 is 17.0 Å². The summed E-state index contributed by atoms with van der Waals surface area (Å²) in [5.74, 6) is 0. The summed E-state index contributed by atoms with van der Waals surface area (Å²) in [6, 6.07) is 2.33. The van der Waals surface area contributed by atoms with Crippen LogP contribution in [-0.2, 0) is 12.7 Å². The Labute approximate surface area is 106 Å². The molecule has 0 amide bonds. The van der Waals surface area contributed by atoms with Crippen LogP contribution in [0.1, 0.15) is 16.3 Å². The fraction of sp³-hybridized carbons (Fsp3) is 0.273. The zero-order valence-corrected chi connectivity index (χ0v) is 10.3. The number of anilines is 1. The number of nitrogens with one attached hydrogen (secondary N) is 1. The van der Waals surface area contributed by atoms with Crippen molar-refractivity contribution in [2.75, 3.05) is 5.32 Å². The van der Waals surface area contributed by atoms with Crippen LogP contribution < -0.4 is 5.32 Å². The van der Waals surface area contributed by atoms with Gasteiger partial charge in [0.1, 0.15) is 5.69 Å². The van der Waals surface area contributed by atoms with E-state index in [9.17, 15) is 13.2 Å². The summed E-state index contributed by atoms with van der Waals surface area (Å²) >= 11 is 1.50. The van der Waals surface area contributed by atoms with E-state index in [1.807, 2.05) is 6.92 Å². The second-order valence-electron chi connectivity index (χ2n) is 3.64. The Morgan fingerprint density at radius 2 is 2.06 bits per heavy atom. The van der Waals surface area contributed by atoms with Crippen molar-refractivity contribution in [3.63, 3.8) is 0 Å². The van der Waals surface area contributed by atoms with Crippen LogP contribution in [-0.4, -0.2) is 9.97 Å². The van der Waals surface area contributed by atoms with Gasteiger partial charge in [0, 0.05) is 4.88 Å². The standard InChI is InChI=1S/C11H10F3N3S/c1-7-9(18-6-17-7)5-15-8-2-3-10(16-4-8)11(12,13)14/h2-4,6,15H,5H2,1H3. The Kier molecular flexibility index (Phi) is 3.51. The summed E-state index contributed by atoms with van der Waals surface area (Å²) in [6.45, 7) is 2.42. The quantitative estimate of drug-likeness (QED) is 0.930. The molecule has 0 fully saturated rings. The van der Waals surface area contributed by atoms with Gasteiger partial charge in [0.2, 0.25) is 0 Å². The molecule has 0 unspecified atom stereocenters. The van der Waals surface area contributed by atoms with Gasteiger partial charge in [-0.2, -0.15) is 13.2 Å². The van der Waals surface area contributed by atoms with E-state index < -0.39 is 11.9 Å². The number of hydrogen-bond donors (Lipinski definition) is 1. The average molecular weight is 273 g/mol. The summed E-state index contributed by atoms with van der Waals surface area (Å²) < 4.78 is 36.9. The summed E-state index contributed by atoms with van der Waals surface area (Å²) in [7, 11) is 0. The van der Waals surface area contributed by atoms with Gasteiger partial charge >= 0.3 is 6.18 Å². The van der Waals surface area contributed by atoms with Crippen molar-refractivity contribution in [2.45, 2.75) is 19.6 Å². The zero-order valence-electron chi connectivity index (χ0n) is 9.45. The van der Waals surface area contributed by atoms with Crippen molar-refractivity contribution in [2.24, 2.45) is 0 Å². The molecule has 2 aromatic rings. The molecule has 0 atom stereocenters. The van der Waals surface area contributed by atoms with Crippen LogP contribution in [0.2, 0.25) is 0 Å². The molecule has 2 rings (SSSR count). The topological polar surface area (TPSA) is 37.8 Å². The molecule has 0 aliphatic rings. The number of pyridine rings is 1. The number of halogens is 3. The van der Waals surface area contributed by atoms with E-state index in [0.717, 1.165) is 16.6 Å². The molecule has 0 aliphatic carbocycles. The van der Waals surface area contributed by atoms with Crippen LogP contribution >= 0.6 is 11.3 Å². The Balaban J connectivity index is 2.01. The molecule has 7 heteroatoms. The Bertz CT molecular complexity index is 519. The first-order chi connectivity index (χ1) is 8.47. The Morgan fingerprint density at radius 1 is 1.28 bits per heavy atom. The smallest absolute Gasteiger partial charge is 0.379 e. The number of aryl methyl sites for hydroxylation is 1. The van der Waals surface area contributed by atoms with E-state index >= 15 is 0 Å². The first-order valence-corrected chi connectivity index (χ1v) is 6.01. The van der Waals surface area contributed by atoms with E-state index in [4.69, 9.17) is 0 Å². The molecule has 96 valence electrons. The van der Waals surface area contributed by atoms with E-state index in [-0.39, 0.29) is 0 Å². The molecular formula is C11H10F3N3S. The Morgan fingerprint density at radius 3 is 2.56 bits per heavy atom. The van der Waals surface area contributed by atoms with E-state index in [1.54, 1.807) is 5.51 Å². The first-order valence-electron chi connectivity index (χ1n) is 5.13. The van der Waals surface area contributed by atoms with E-state index in [0.29, 0.717) is 12.2 Å². The highest BCUT2D eigenvalue weighted by Crippen LogP contribution is 2.27. The highest BCUT2D eigenvalue weighted by atomic mass is 32.1. The van der Waals surface area contributed by atoms with Gasteiger partial charge in [-0.1, -0.05) is 0 Å². The predicted octanol–water partition coefficient (Wildman–Crippen LogP) is 3.48. The maximum atomic E-state index is 12.3. The second-order valence-corrected chi connectivity index (χ2v) is 4.58. The van der Waals surface area contributed by atoms with Crippen molar-refractivity contribution < 1.29 is 13.2 Å². The van der Waals surface area contributed by atoms with Crippen molar-refractivity contribution in [3.05, 3.63) is 40.1 Å². The highest BCUT2D eigenvalue weighted by Gasteiger charge is 2.31. The van der Waals surface area contributed by atoms with Gasteiger partial charge in [-0.25, -0.2) is 9.97 Å². The van der Waals surface area contributed by atoms with Crippen LogP contribution in [0.15, 0.2) is 23.8 Å². The lowest BCUT2D eigenvalue weighted by Gasteiger charge is -2.08. The number of aromatic nitrogens is 2. The Hall–Kier alpha value is -1.63. The number of rotatable bonds is 3. The molecule has 18 heavy (non-hydrogen) atoms. The molecule has 0 radical (unpaired) electrons. The number of alkyl halides is 3. The molecule has 0 spiro atoms. The van der Waals surface area contributed by atoms with Crippen LogP contribution in [0.25, 0.3) is 0 Å². The summed E-state index contributed by atoms with van der Waals surface area (Å²) in [5, 5.41) is 3.01. The fourth-order valence-corrected chi connectivity index (χ4v) is 2.06. The number of nitrogens with zero attached hydrogens (tertiary/aromatic N) is 2. The van der Waals surface area contributed by atoms with E-state index in [2.05, 4.69) is 15.3 Å².